The third-order valence-electron chi connectivity index (χ3n) is 4.77. The Morgan fingerprint density at radius 2 is 1.85 bits per heavy atom. The van der Waals surface area contributed by atoms with Crippen molar-refractivity contribution in [1.82, 2.24) is 14.5 Å². The predicted molar refractivity (Wildman–Crippen MR) is 99.9 cm³/mol. The van der Waals surface area contributed by atoms with E-state index in [2.05, 4.69) is 9.55 Å². The lowest BCUT2D eigenvalue weighted by molar-refractivity contribution is -0.139. The number of hydrogen-bond acceptors (Lipinski definition) is 3. The van der Waals surface area contributed by atoms with Gasteiger partial charge in [0.05, 0.1) is 6.04 Å². The molecule has 0 N–H and O–H groups in total. The summed E-state index contributed by atoms with van der Waals surface area (Å²) in [5.74, 6) is 1.00. The van der Waals surface area contributed by atoms with E-state index < -0.39 is 0 Å². The fourth-order valence-corrected chi connectivity index (χ4v) is 3.30. The van der Waals surface area contributed by atoms with Crippen molar-refractivity contribution >= 4 is 5.91 Å². The highest BCUT2D eigenvalue weighted by molar-refractivity contribution is 5.78. The molecule has 1 saturated heterocycles. The maximum atomic E-state index is 12.9. The van der Waals surface area contributed by atoms with Gasteiger partial charge in [-0.2, -0.15) is 0 Å². The molecule has 0 radical (unpaired) electrons. The van der Waals surface area contributed by atoms with E-state index in [4.69, 9.17) is 4.74 Å². The number of aryl methyl sites for hydroxylation is 1. The van der Waals surface area contributed by atoms with Gasteiger partial charge in [0.15, 0.2) is 6.61 Å². The number of rotatable bonds is 5. The van der Waals surface area contributed by atoms with Gasteiger partial charge < -0.3 is 14.2 Å². The van der Waals surface area contributed by atoms with E-state index in [1.54, 1.807) is 4.90 Å². The van der Waals surface area contributed by atoms with Crippen molar-refractivity contribution in [3.8, 4) is 17.1 Å². The van der Waals surface area contributed by atoms with E-state index in [1.165, 1.54) is 24.3 Å². The van der Waals surface area contributed by atoms with Crippen LogP contribution < -0.4 is 4.74 Å². The van der Waals surface area contributed by atoms with Gasteiger partial charge in [0.1, 0.15) is 17.4 Å². The van der Waals surface area contributed by atoms with E-state index in [0.717, 1.165) is 17.1 Å². The SMILES string of the molecule is Cc1cnc(-c2ccccc2)n1C1CN(C(=O)COc2ccc(F)cc2)C1. The first-order chi connectivity index (χ1) is 13.1. The molecular weight excluding hydrogens is 345 g/mol. The zero-order valence-corrected chi connectivity index (χ0v) is 15.0. The van der Waals surface area contributed by atoms with Crippen LogP contribution in [0.25, 0.3) is 11.4 Å². The standard InChI is InChI=1S/C21H20FN3O2/c1-15-11-23-21(16-5-3-2-4-6-16)25(15)18-12-24(13-18)20(26)14-27-19-9-7-17(22)8-10-19/h2-11,18H,12-14H2,1H3. The van der Waals surface area contributed by atoms with Gasteiger partial charge in [-0.15, -0.1) is 0 Å². The van der Waals surface area contributed by atoms with Crippen molar-refractivity contribution in [3.63, 3.8) is 0 Å². The van der Waals surface area contributed by atoms with E-state index >= 15 is 0 Å². The van der Waals surface area contributed by atoms with Crippen LogP contribution in [0.5, 0.6) is 5.75 Å². The number of imidazole rings is 1. The van der Waals surface area contributed by atoms with Gasteiger partial charge in [0.25, 0.3) is 5.91 Å². The van der Waals surface area contributed by atoms with Crippen molar-refractivity contribution < 1.29 is 13.9 Å². The van der Waals surface area contributed by atoms with Gasteiger partial charge in [-0.3, -0.25) is 4.79 Å². The van der Waals surface area contributed by atoms with Crippen LogP contribution in [0.15, 0.2) is 60.8 Å². The molecule has 27 heavy (non-hydrogen) atoms. The minimum absolute atomic E-state index is 0.0488. The average molecular weight is 365 g/mol. The second-order valence-corrected chi connectivity index (χ2v) is 6.65. The van der Waals surface area contributed by atoms with Crippen LogP contribution in [0.2, 0.25) is 0 Å². The predicted octanol–water partition coefficient (Wildman–Crippen LogP) is 3.46. The molecular formula is C21H20FN3O2. The van der Waals surface area contributed by atoms with Crippen molar-refractivity contribution in [3.05, 3.63) is 72.3 Å². The quantitative estimate of drug-likeness (QED) is 0.696. The highest BCUT2D eigenvalue weighted by Crippen LogP contribution is 2.29. The number of halogens is 1. The highest BCUT2D eigenvalue weighted by atomic mass is 19.1. The Morgan fingerprint density at radius 1 is 1.15 bits per heavy atom. The summed E-state index contributed by atoms with van der Waals surface area (Å²) in [6.45, 7) is 3.24. The van der Waals surface area contributed by atoms with Crippen LogP contribution in [-0.4, -0.2) is 40.1 Å². The molecule has 2 aromatic carbocycles. The third-order valence-corrected chi connectivity index (χ3v) is 4.77. The molecule has 1 aliphatic rings. The first-order valence-corrected chi connectivity index (χ1v) is 8.87. The number of carbonyl (C=O) groups excluding carboxylic acids is 1. The molecule has 0 bridgehead atoms. The Morgan fingerprint density at radius 3 is 2.56 bits per heavy atom. The maximum absolute atomic E-state index is 12.9. The van der Waals surface area contributed by atoms with Gasteiger partial charge in [-0.05, 0) is 31.2 Å². The molecule has 1 amide bonds. The molecule has 2 heterocycles. The summed E-state index contributed by atoms with van der Waals surface area (Å²) in [5, 5.41) is 0. The van der Waals surface area contributed by atoms with Crippen LogP contribution in [0, 0.1) is 12.7 Å². The lowest BCUT2D eigenvalue weighted by Crippen LogP contribution is -2.52. The Bertz CT molecular complexity index is 932. The summed E-state index contributed by atoms with van der Waals surface area (Å²) in [6.07, 6.45) is 1.87. The maximum Gasteiger partial charge on any atom is 0.260 e. The van der Waals surface area contributed by atoms with Gasteiger partial charge >= 0.3 is 0 Å². The van der Waals surface area contributed by atoms with E-state index in [-0.39, 0.29) is 24.4 Å². The number of hydrogen-bond donors (Lipinski definition) is 0. The smallest absolute Gasteiger partial charge is 0.260 e. The zero-order valence-electron chi connectivity index (χ0n) is 15.0. The normalized spacial score (nSPS) is 14.1. The van der Waals surface area contributed by atoms with Crippen LogP contribution in [0.3, 0.4) is 0 Å². The number of likely N-dealkylation sites (tertiary alicyclic amines) is 1. The molecule has 0 spiro atoms. The topological polar surface area (TPSA) is 47.4 Å². The van der Waals surface area contributed by atoms with Crippen molar-refractivity contribution in [2.24, 2.45) is 0 Å². The molecule has 6 heteroatoms. The second-order valence-electron chi connectivity index (χ2n) is 6.65. The number of benzene rings is 2. The van der Waals surface area contributed by atoms with Crippen LogP contribution in [-0.2, 0) is 4.79 Å². The summed E-state index contributed by atoms with van der Waals surface area (Å²) in [6, 6.07) is 15.9. The van der Waals surface area contributed by atoms with Crippen LogP contribution in [0.4, 0.5) is 4.39 Å². The Balaban J connectivity index is 1.38. The second kappa shape index (κ2) is 7.23. The van der Waals surface area contributed by atoms with Gasteiger partial charge in [0.2, 0.25) is 0 Å². The van der Waals surface area contributed by atoms with Gasteiger partial charge in [-0.1, -0.05) is 30.3 Å². The molecule has 4 rings (SSSR count). The lowest BCUT2D eigenvalue weighted by atomic mass is 10.1. The molecule has 1 aliphatic heterocycles. The fraction of sp³-hybridized carbons (Fsp3) is 0.238. The fourth-order valence-electron chi connectivity index (χ4n) is 3.30. The Kier molecular flexibility index (Phi) is 4.62. The molecule has 3 aromatic rings. The molecule has 0 aliphatic carbocycles. The van der Waals surface area contributed by atoms with Crippen LogP contribution >= 0.6 is 0 Å². The summed E-state index contributed by atoms with van der Waals surface area (Å²) >= 11 is 0. The Labute approximate surface area is 157 Å². The summed E-state index contributed by atoms with van der Waals surface area (Å²) < 4.78 is 20.5. The monoisotopic (exact) mass is 365 g/mol. The van der Waals surface area contributed by atoms with Crippen molar-refractivity contribution in [1.29, 1.82) is 0 Å². The molecule has 1 aromatic heterocycles. The first kappa shape index (κ1) is 17.3. The molecule has 0 unspecified atom stereocenters. The van der Waals surface area contributed by atoms with Crippen LogP contribution in [0.1, 0.15) is 11.7 Å². The third kappa shape index (κ3) is 3.56. The zero-order chi connectivity index (χ0) is 18.8. The first-order valence-electron chi connectivity index (χ1n) is 8.87. The van der Waals surface area contributed by atoms with Crippen molar-refractivity contribution in [2.45, 2.75) is 13.0 Å². The average Bonchev–Trinajstić information content (AvgIpc) is 3.02. The Hall–Kier alpha value is -3.15. The molecule has 5 nitrogen and oxygen atoms in total. The molecule has 0 atom stereocenters. The number of amides is 1. The van der Waals surface area contributed by atoms with Gasteiger partial charge in [-0.25, -0.2) is 9.37 Å². The van der Waals surface area contributed by atoms with E-state index in [1.807, 2.05) is 43.5 Å². The molecule has 1 fully saturated rings. The number of carbonyl (C=O) groups is 1. The minimum Gasteiger partial charge on any atom is -0.484 e. The summed E-state index contributed by atoms with van der Waals surface area (Å²) in [7, 11) is 0. The molecule has 138 valence electrons. The van der Waals surface area contributed by atoms with Crippen molar-refractivity contribution in [2.75, 3.05) is 19.7 Å². The largest absolute Gasteiger partial charge is 0.484 e. The number of ether oxygens (including phenoxy) is 1. The number of nitrogens with zero attached hydrogens (tertiary/aromatic N) is 3. The summed E-state index contributed by atoms with van der Waals surface area (Å²) in [5.41, 5.74) is 2.14. The minimum atomic E-state index is -0.329. The van der Waals surface area contributed by atoms with E-state index in [9.17, 15) is 9.18 Å². The van der Waals surface area contributed by atoms with Gasteiger partial charge in [0, 0.05) is 30.5 Å². The van der Waals surface area contributed by atoms with E-state index in [0.29, 0.717) is 18.8 Å². The highest BCUT2D eigenvalue weighted by Gasteiger charge is 2.34. The summed E-state index contributed by atoms with van der Waals surface area (Å²) in [4.78, 5) is 18.6. The number of aromatic nitrogens is 2. The lowest BCUT2D eigenvalue weighted by Gasteiger charge is -2.41. The molecule has 0 saturated carbocycles.